The minimum Gasteiger partial charge on any atom is -0.424 e. The zero-order valence-electron chi connectivity index (χ0n) is 9.05. The van der Waals surface area contributed by atoms with E-state index in [0.717, 1.165) is 16.9 Å². The van der Waals surface area contributed by atoms with E-state index in [9.17, 15) is 0 Å². The van der Waals surface area contributed by atoms with Crippen LogP contribution in [0.2, 0.25) is 0 Å². The van der Waals surface area contributed by atoms with Gasteiger partial charge in [0, 0.05) is 5.69 Å². The first-order valence-corrected chi connectivity index (χ1v) is 5.30. The van der Waals surface area contributed by atoms with Gasteiger partial charge in [-0.3, -0.25) is 0 Å². The fourth-order valence-corrected chi connectivity index (χ4v) is 1.74. The molecule has 0 unspecified atom stereocenters. The van der Waals surface area contributed by atoms with Gasteiger partial charge in [0.2, 0.25) is 0 Å². The summed E-state index contributed by atoms with van der Waals surface area (Å²) in [7, 11) is 0. The summed E-state index contributed by atoms with van der Waals surface area (Å²) in [4.78, 5) is 4.16. The molecule has 1 heterocycles. The molecule has 4 nitrogen and oxygen atoms in total. The maximum atomic E-state index is 5.55. The lowest BCUT2D eigenvalue weighted by Crippen LogP contribution is -1.90. The largest absolute Gasteiger partial charge is 0.424 e. The fraction of sp³-hybridized carbons (Fsp3) is 0. The van der Waals surface area contributed by atoms with E-state index >= 15 is 0 Å². The molecule has 0 atom stereocenters. The number of anilines is 3. The predicted molar refractivity (Wildman–Crippen MR) is 68.1 cm³/mol. The molecular weight excluding hydrogens is 214 g/mol. The summed E-state index contributed by atoms with van der Waals surface area (Å²) in [5.41, 5.74) is 8.86. The second kappa shape index (κ2) is 3.83. The van der Waals surface area contributed by atoms with Crippen LogP contribution in [0.5, 0.6) is 0 Å². The summed E-state index contributed by atoms with van der Waals surface area (Å²) in [6.07, 6.45) is 0. The van der Waals surface area contributed by atoms with Gasteiger partial charge in [0.1, 0.15) is 5.52 Å². The van der Waals surface area contributed by atoms with E-state index in [2.05, 4.69) is 10.3 Å². The second-order valence-electron chi connectivity index (χ2n) is 3.70. The van der Waals surface area contributed by atoms with Crippen LogP contribution in [0.4, 0.5) is 17.4 Å². The van der Waals surface area contributed by atoms with Crippen LogP contribution >= 0.6 is 0 Å². The first kappa shape index (κ1) is 9.72. The zero-order valence-corrected chi connectivity index (χ0v) is 9.05. The van der Waals surface area contributed by atoms with Crippen LogP contribution in [0.15, 0.2) is 52.9 Å². The lowest BCUT2D eigenvalue weighted by atomic mass is 10.2. The molecule has 0 saturated carbocycles. The number of benzene rings is 2. The zero-order chi connectivity index (χ0) is 11.7. The topological polar surface area (TPSA) is 64.1 Å². The Morgan fingerprint density at radius 1 is 1.00 bits per heavy atom. The van der Waals surface area contributed by atoms with Crippen molar-refractivity contribution < 1.29 is 4.42 Å². The van der Waals surface area contributed by atoms with Crippen LogP contribution in [-0.2, 0) is 0 Å². The van der Waals surface area contributed by atoms with Crippen LogP contribution in [-0.4, -0.2) is 4.98 Å². The first-order chi connectivity index (χ1) is 8.33. The Morgan fingerprint density at radius 2 is 1.82 bits per heavy atom. The maximum absolute atomic E-state index is 5.55. The van der Waals surface area contributed by atoms with Crippen LogP contribution in [0.3, 0.4) is 0 Å². The third-order valence-corrected chi connectivity index (χ3v) is 2.49. The predicted octanol–water partition coefficient (Wildman–Crippen LogP) is 3.15. The van der Waals surface area contributed by atoms with Gasteiger partial charge in [0.15, 0.2) is 5.58 Å². The van der Waals surface area contributed by atoms with Crippen molar-refractivity contribution in [3.05, 3.63) is 48.5 Å². The summed E-state index contributed by atoms with van der Waals surface area (Å²) < 4.78 is 5.27. The number of rotatable bonds is 2. The molecule has 17 heavy (non-hydrogen) atoms. The molecule has 4 heteroatoms. The number of nitrogen functional groups attached to an aromatic ring is 1. The van der Waals surface area contributed by atoms with E-state index in [-0.39, 0.29) is 6.01 Å². The number of fused-ring (bicyclic) bond motifs is 1. The van der Waals surface area contributed by atoms with E-state index < -0.39 is 0 Å². The highest BCUT2D eigenvalue weighted by Crippen LogP contribution is 2.27. The Labute approximate surface area is 98.1 Å². The monoisotopic (exact) mass is 225 g/mol. The fourth-order valence-electron chi connectivity index (χ4n) is 1.74. The number of para-hydroxylation sites is 2. The number of hydrogen-bond donors (Lipinski definition) is 2. The van der Waals surface area contributed by atoms with E-state index in [1.165, 1.54) is 0 Å². The van der Waals surface area contributed by atoms with E-state index in [1.54, 1.807) is 0 Å². The van der Waals surface area contributed by atoms with Gasteiger partial charge in [0.05, 0.1) is 5.69 Å². The summed E-state index contributed by atoms with van der Waals surface area (Å²) in [6, 6.07) is 15.8. The van der Waals surface area contributed by atoms with Gasteiger partial charge in [-0.25, -0.2) is 0 Å². The first-order valence-electron chi connectivity index (χ1n) is 5.30. The van der Waals surface area contributed by atoms with Crippen molar-refractivity contribution in [3.63, 3.8) is 0 Å². The quantitative estimate of drug-likeness (QED) is 0.703. The lowest BCUT2D eigenvalue weighted by Gasteiger charge is -2.05. The Hall–Kier alpha value is -2.49. The van der Waals surface area contributed by atoms with Crippen molar-refractivity contribution >= 4 is 28.5 Å². The van der Waals surface area contributed by atoms with Gasteiger partial charge in [0.25, 0.3) is 6.01 Å². The number of hydrogen-bond acceptors (Lipinski definition) is 4. The molecule has 1 aromatic heterocycles. The van der Waals surface area contributed by atoms with E-state index in [1.807, 2.05) is 48.5 Å². The van der Waals surface area contributed by atoms with Crippen molar-refractivity contribution in [2.75, 3.05) is 11.1 Å². The Morgan fingerprint density at radius 3 is 2.65 bits per heavy atom. The van der Waals surface area contributed by atoms with Crippen LogP contribution < -0.4 is 11.1 Å². The molecule has 3 rings (SSSR count). The molecule has 0 fully saturated rings. The lowest BCUT2D eigenvalue weighted by molar-refractivity contribution is 0.626. The number of oxazole rings is 1. The van der Waals surface area contributed by atoms with E-state index in [4.69, 9.17) is 10.2 Å². The minimum atomic E-state index is 0.183. The summed E-state index contributed by atoms with van der Waals surface area (Å²) in [5.74, 6) is 0. The maximum Gasteiger partial charge on any atom is 0.293 e. The summed E-state index contributed by atoms with van der Waals surface area (Å²) in [5, 5.41) is 3.28. The molecule has 0 amide bonds. The van der Waals surface area contributed by atoms with Gasteiger partial charge in [-0.15, -0.1) is 0 Å². The van der Waals surface area contributed by atoms with Gasteiger partial charge in [-0.2, -0.15) is 4.98 Å². The molecule has 0 radical (unpaired) electrons. The van der Waals surface area contributed by atoms with Gasteiger partial charge in [-0.1, -0.05) is 24.3 Å². The molecule has 0 aliphatic carbocycles. The van der Waals surface area contributed by atoms with Crippen molar-refractivity contribution in [2.45, 2.75) is 0 Å². The number of aromatic nitrogens is 1. The Kier molecular flexibility index (Phi) is 2.19. The third-order valence-electron chi connectivity index (χ3n) is 2.49. The Bertz CT molecular complexity index is 646. The molecule has 0 bridgehead atoms. The highest BCUT2D eigenvalue weighted by molar-refractivity contribution is 5.89. The van der Waals surface area contributed by atoms with Crippen LogP contribution in [0, 0.1) is 0 Å². The molecule has 2 aromatic carbocycles. The molecule has 3 N–H and O–H groups in total. The molecule has 0 saturated heterocycles. The average molecular weight is 225 g/mol. The number of nitrogens with zero attached hydrogens (tertiary/aromatic N) is 1. The van der Waals surface area contributed by atoms with Crippen molar-refractivity contribution in [1.29, 1.82) is 0 Å². The van der Waals surface area contributed by atoms with Crippen LogP contribution in [0.1, 0.15) is 0 Å². The van der Waals surface area contributed by atoms with Crippen LogP contribution in [0.25, 0.3) is 11.1 Å². The smallest absolute Gasteiger partial charge is 0.293 e. The minimum absolute atomic E-state index is 0.183. The van der Waals surface area contributed by atoms with Crippen molar-refractivity contribution in [3.8, 4) is 0 Å². The highest BCUT2D eigenvalue weighted by Gasteiger charge is 2.07. The number of nitrogens with one attached hydrogen (secondary N) is 1. The standard InChI is InChI=1S/C13H11N3O/c14-13-16-12-10(7-4-8-11(12)17-13)15-9-5-2-1-3-6-9/h1-8,15H,(H2,14,16). The number of nitrogens with two attached hydrogens (primary N) is 1. The summed E-state index contributed by atoms with van der Waals surface area (Å²) >= 11 is 0. The SMILES string of the molecule is Nc1nc2c(Nc3ccccc3)cccc2o1. The molecule has 84 valence electrons. The normalized spacial score (nSPS) is 10.6. The highest BCUT2D eigenvalue weighted by atomic mass is 16.4. The summed E-state index contributed by atoms with van der Waals surface area (Å²) in [6.45, 7) is 0. The van der Waals surface area contributed by atoms with Crippen molar-refractivity contribution in [2.24, 2.45) is 0 Å². The van der Waals surface area contributed by atoms with Gasteiger partial charge in [-0.05, 0) is 24.3 Å². The van der Waals surface area contributed by atoms with E-state index in [0.29, 0.717) is 5.58 Å². The van der Waals surface area contributed by atoms with Crippen molar-refractivity contribution in [1.82, 2.24) is 4.98 Å². The molecule has 0 spiro atoms. The van der Waals surface area contributed by atoms with Gasteiger partial charge >= 0.3 is 0 Å². The third kappa shape index (κ3) is 1.80. The molecule has 0 aliphatic rings. The molecular formula is C13H11N3O. The second-order valence-corrected chi connectivity index (χ2v) is 3.70. The molecule has 0 aliphatic heterocycles. The Balaban J connectivity index is 2.06. The van der Waals surface area contributed by atoms with Gasteiger partial charge < -0.3 is 15.5 Å². The average Bonchev–Trinajstić information content (AvgIpc) is 2.72. The molecule has 3 aromatic rings.